The van der Waals surface area contributed by atoms with Gasteiger partial charge in [-0.2, -0.15) is 11.8 Å². The van der Waals surface area contributed by atoms with Crippen LogP contribution in [0, 0.1) is 0 Å². The van der Waals surface area contributed by atoms with Crippen molar-refractivity contribution in [3.05, 3.63) is 0 Å². The summed E-state index contributed by atoms with van der Waals surface area (Å²) in [6, 6.07) is 0.405. The summed E-state index contributed by atoms with van der Waals surface area (Å²) in [7, 11) is 0. The molecule has 2 saturated heterocycles. The molecule has 0 unspecified atom stereocenters. The van der Waals surface area contributed by atoms with Crippen molar-refractivity contribution in [2.45, 2.75) is 38.3 Å². The maximum absolute atomic E-state index is 10.2. The molecule has 1 N–H and O–H groups in total. The van der Waals surface area contributed by atoms with Crippen LogP contribution in [0.1, 0.15) is 26.2 Å². The molecule has 0 saturated carbocycles. The number of hydrogen-bond acceptors (Lipinski definition) is 4. The van der Waals surface area contributed by atoms with Crippen LogP contribution in [0.5, 0.6) is 0 Å². The van der Waals surface area contributed by atoms with Gasteiger partial charge >= 0.3 is 0 Å². The highest BCUT2D eigenvalue weighted by Crippen LogP contribution is 2.20. The fourth-order valence-corrected chi connectivity index (χ4v) is 3.65. The van der Waals surface area contributed by atoms with E-state index >= 15 is 0 Å². The van der Waals surface area contributed by atoms with Crippen LogP contribution >= 0.6 is 11.8 Å². The van der Waals surface area contributed by atoms with Gasteiger partial charge in [0.05, 0.1) is 6.10 Å². The van der Waals surface area contributed by atoms with Crippen LogP contribution in [0.4, 0.5) is 0 Å². The van der Waals surface area contributed by atoms with E-state index in [0.717, 1.165) is 19.6 Å². The van der Waals surface area contributed by atoms with Gasteiger partial charge in [-0.05, 0) is 31.7 Å². The molecule has 2 aliphatic heterocycles. The van der Waals surface area contributed by atoms with Gasteiger partial charge in [0.25, 0.3) is 0 Å². The molecule has 4 heteroatoms. The van der Waals surface area contributed by atoms with Gasteiger partial charge in [-0.25, -0.2) is 0 Å². The third kappa shape index (κ3) is 3.85. The molecule has 3 nitrogen and oxygen atoms in total. The van der Waals surface area contributed by atoms with E-state index in [4.69, 9.17) is 0 Å². The molecule has 0 bridgehead atoms. The Kier molecular flexibility index (Phi) is 5.60. The van der Waals surface area contributed by atoms with Crippen molar-refractivity contribution >= 4 is 11.8 Å². The van der Waals surface area contributed by atoms with Gasteiger partial charge in [0.1, 0.15) is 0 Å². The summed E-state index contributed by atoms with van der Waals surface area (Å²) in [6.07, 6.45) is 3.87. The summed E-state index contributed by atoms with van der Waals surface area (Å²) in [6.45, 7) is 7.69. The molecule has 2 fully saturated rings. The molecule has 2 rings (SSSR count). The zero-order chi connectivity index (χ0) is 12.1. The second kappa shape index (κ2) is 6.98. The second-order valence-electron chi connectivity index (χ2n) is 5.19. The van der Waals surface area contributed by atoms with Crippen LogP contribution in [0.3, 0.4) is 0 Å². The van der Waals surface area contributed by atoms with Gasteiger partial charge in [0.15, 0.2) is 0 Å². The molecule has 0 aliphatic carbocycles. The van der Waals surface area contributed by atoms with E-state index in [1.807, 2.05) is 11.8 Å². The number of piperidine rings is 1. The highest BCUT2D eigenvalue weighted by Gasteiger charge is 2.35. The number of hydrogen-bond donors (Lipinski definition) is 1. The summed E-state index contributed by atoms with van der Waals surface area (Å²) in [5, 5.41) is 10.2. The summed E-state index contributed by atoms with van der Waals surface area (Å²) >= 11 is 2.00. The Morgan fingerprint density at radius 1 is 1.18 bits per heavy atom. The molecular weight excluding hydrogens is 232 g/mol. The lowest BCUT2D eigenvalue weighted by atomic mass is 10.1. The molecule has 2 heterocycles. The average molecular weight is 258 g/mol. The first-order valence-electron chi connectivity index (χ1n) is 7.03. The maximum Gasteiger partial charge on any atom is 0.0834 e. The molecule has 100 valence electrons. The molecule has 0 aromatic rings. The Morgan fingerprint density at radius 3 is 2.65 bits per heavy atom. The molecule has 2 atom stereocenters. The van der Waals surface area contributed by atoms with Gasteiger partial charge in [-0.15, -0.1) is 0 Å². The minimum absolute atomic E-state index is 0.125. The van der Waals surface area contributed by atoms with Crippen molar-refractivity contribution in [3.8, 4) is 0 Å². The van der Waals surface area contributed by atoms with Crippen molar-refractivity contribution in [2.75, 3.05) is 44.2 Å². The van der Waals surface area contributed by atoms with Crippen molar-refractivity contribution in [1.29, 1.82) is 0 Å². The fourth-order valence-electron chi connectivity index (χ4n) is 2.98. The maximum atomic E-state index is 10.2. The molecule has 0 amide bonds. The van der Waals surface area contributed by atoms with Crippen LogP contribution in [0.25, 0.3) is 0 Å². The van der Waals surface area contributed by atoms with Crippen LogP contribution in [0.2, 0.25) is 0 Å². The van der Waals surface area contributed by atoms with Crippen LogP contribution in [-0.2, 0) is 0 Å². The van der Waals surface area contributed by atoms with Crippen LogP contribution in [-0.4, -0.2) is 71.3 Å². The highest BCUT2D eigenvalue weighted by atomic mass is 32.2. The first kappa shape index (κ1) is 13.7. The van der Waals surface area contributed by atoms with Crippen LogP contribution < -0.4 is 0 Å². The second-order valence-corrected chi connectivity index (χ2v) is 6.58. The number of rotatable bonds is 5. The minimum Gasteiger partial charge on any atom is -0.390 e. The third-order valence-electron chi connectivity index (χ3n) is 3.95. The first-order chi connectivity index (χ1) is 8.31. The number of β-amino-alcohol motifs (C(OH)–C–C–N with tert-alkyl or cyclic N) is 1. The Balaban J connectivity index is 1.75. The minimum atomic E-state index is -0.125. The number of aliphatic hydroxyl groups excluding tert-OH is 1. The lowest BCUT2D eigenvalue weighted by molar-refractivity contribution is 0.0706. The summed E-state index contributed by atoms with van der Waals surface area (Å²) < 4.78 is 0. The zero-order valence-electron chi connectivity index (χ0n) is 11.0. The fraction of sp³-hybridized carbons (Fsp3) is 1.00. The predicted octanol–water partition coefficient (Wildman–Crippen LogP) is 1.27. The topological polar surface area (TPSA) is 26.7 Å². The normalized spacial score (nSPS) is 32.1. The molecule has 17 heavy (non-hydrogen) atoms. The van der Waals surface area contributed by atoms with Gasteiger partial charge in [0, 0.05) is 31.4 Å². The van der Waals surface area contributed by atoms with E-state index < -0.39 is 0 Å². The van der Waals surface area contributed by atoms with Gasteiger partial charge < -0.3 is 5.11 Å². The van der Waals surface area contributed by atoms with E-state index in [1.54, 1.807) is 0 Å². The van der Waals surface area contributed by atoms with Crippen molar-refractivity contribution in [3.63, 3.8) is 0 Å². The van der Waals surface area contributed by atoms with Crippen LogP contribution in [0.15, 0.2) is 0 Å². The third-order valence-corrected chi connectivity index (χ3v) is 4.83. The molecule has 2 aliphatic rings. The smallest absolute Gasteiger partial charge is 0.0834 e. The van der Waals surface area contributed by atoms with E-state index in [9.17, 15) is 5.11 Å². The Bertz CT molecular complexity index is 221. The molecule has 0 aromatic carbocycles. The standard InChI is InChI=1S/C13H26N2OS/c1-2-17-9-8-14-10-12(13(16)11-14)15-6-4-3-5-7-15/h12-13,16H,2-11H2,1H3/t12-,13-/m0/s1. The number of thioether (sulfide) groups is 1. The monoisotopic (exact) mass is 258 g/mol. The van der Waals surface area contributed by atoms with Gasteiger partial charge in [-0.3, -0.25) is 9.80 Å². The average Bonchev–Trinajstić information content (AvgIpc) is 2.72. The van der Waals surface area contributed by atoms with E-state index in [-0.39, 0.29) is 6.10 Å². The molecular formula is C13H26N2OS. The van der Waals surface area contributed by atoms with E-state index in [0.29, 0.717) is 6.04 Å². The van der Waals surface area contributed by atoms with Gasteiger partial charge in [-0.1, -0.05) is 13.3 Å². The van der Waals surface area contributed by atoms with E-state index in [2.05, 4.69) is 16.7 Å². The Labute approximate surface area is 110 Å². The zero-order valence-corrected chi connectivity index (χ0v) is 11.8. The molecule has 0 aromatic heterocycles. The Hall–Kier alpha value is 0.230. The SMILES string of the molecule is CCSCCN1C[C@H](O)[C@@H](N2CCCCC2)C1. The number of nitrogens with zero attached hydrogens (tertiary/aromatic N) is 2. The lowest BCUT2D eigenvalue weighted by Crippen LogP contribution is -2.45. The largest absolute Gasteiger partial charge is 0.390 e. The summed E-state index contributed by atoms with van der Waals surface area (Å²) in [5.74, 6) is 2.40. The van der Waals surface area contributed by atoms with Crippen molar-refractivity contribution in [2.24, 2.45) is 0 Å². The van der Waals surface area contributed by atoms with Crippen molar-refractivity contribution < 1.29 is 5.11 Å². The highest BCUT2D eigenvalue weighted by molar-refractivity contribution is 7.99. The lowest BCUT2D eigenvalue weighted by Gasteiger charge is -2.33. The van der Waals surface area contributed by atoms with Crippen molar-refractivity contribution in [1.82, 2.24) is 9.80 Å². The summed E-state index contributed by atoms with van der Waals surface area (Å²) in [5.41, 5.74) is 0. The summed E-state index contributed by atoms with van der Waals surface area (Å²) in [4.78, 5) is 4.95. The first-order valence-corrected chi connectivity index (χ1v) is 8.19. The predicted molar refractivity (Wildman–Crippen MR) is 74.7 cm³/mol. The number of likely N-dealkylation sites (tertiary alicyclic amines) is 2. The van der Waals surface area contributed by atoms with Gasteiger partial charge in [0.2, 0.25) is 0 Å². The van der Waals surface area contributed by atoms with E-state index in [1.165, 1.54) is 43.9 Å². The number of aliphatic hydroxyl groups is 1. The Morgan fingerprint density at radius 2 is 1.94 bits per heavy atom. The molecule has 0 spiro atoms. The molecule has 0 radical (unpaired) electrons. The quantitative estimate of drug-likeness (QED) is 0.751.